The summed E-state index contributed by atoms with van der Waals surface area (Å²) in [5, 5.41) is 2.66. The Balaban J connectivity index is 1.63. The van der Waals surface area contributed by atoms with E-state index in [0.717, 1.165) is 37.3 Å². The van der Waals surface area contributed by atoms with Gasteiger partial charge in [0.15, 0.2) is 0 Å². The molecular formula is C15H17N3O3. The third kappa shape index (κ3) is 2.49. The van der Waals surface area contributed by atoms with Crippen LogP contribution in [0.15, 0.2) is 24.3 Å². The van der Waals surface area contributed by atoms with Crippen molar-refractivity contribution in [1.82, 2.24) is 15.1 Å². The second-order valence-corrected chi connectivity index (χ2v) is 5.27. The number of benzene rings is 1. The summed E-state index contributed by atoms with van der Waals surface area (Å²) in [6, 6.07) is 6.48. The van der Waals surface area contributed by atoms with Crippen molar-refractivity contribution in [3.63, 3.8) is 0 Å². The number of fused-ring (bicyclic) bond motifs is 1. The Labute approximate surface area is 122 Å². The van der Waals surface area contributed by atoms with Crippen LogP contribution < -0.4 is 5.32 Å². The highest BCUT2D eigenvalue weighted by atomic mass is 16.2. The Hall–Kier alpha value is -2.37. The van der Waals surface area contributed by atoms with E-state index >= 15 is 0 Å². The van der Waals surface area contributed by atoms with Gasteiger partial charge in [-0.25, -0.2) is 4.79 Å². The van der Waals surface area contributed by atoms with Crippen LogP contribution in [-0.4, -0.2) is 47.4 Å². The molecule has 4 amide bonds. The van der Waals surface area contributed by atoms with Crippen molar-refractivity contribution in [3.05, 3.63) is 35.4 Å². The average molecular weight is 287 g/mol. The summed E-state index contributed by atoms with van der Waals surface area (Å²) in [7, 11) is 0. The molecule has 21 heavy (non-hydrogen) atoms. The highest BCUT2D eigenvalue weighted by Crippen LogP contribution is 2.21. The molecular weight excluding hydrogens is 270 g/mol. The Bertz CT molecular complexity index is 559. The molecule has 0 atom stereocenters. The molecule has 0 saturated carbocycles. The van der Waals surface area contributed by atoms with Crippen molar-refractivity contribution in [2.24, 2.45) is 0 Å². The molecule has 0 aromatic heterocycles. The number of hydrogen-bond acceptors (Lipinski definition) is 3. The average Bonchev–Trinajstić information content (AvgIpc) is 2.78. The summed E-state index contributed by atoms with van der Waals surface area (Å²) in [5.74, 6) is -0.705. The fourth-order valence-corrected chi connectivity index (χ4v) is 2.74. The van der Waals surface area contributed by atoms with E-state index < -0.39 is 0 Å². The fraction of sp³-hybridized carbons (Fsp3) is 0.400. The third-order valence-electron chi connectivity index (χ3n) is 3.91. The highest BCUT2D eigenvalue weighted by molar-refractivity contribution is 6.21. The molecule has 0 bridgehead atoms. The summed E-state index contributed by atoms with van der Waals surface area (Å²) in [6.07, 6.45) is 3.14. The molecule has 2 aliphatic heterocycles. The summed E-state index contributed by atoms with van der Waals surface area (Å²) in [4.78, 5) is 39.1. The number of carbonyl (C=O) groups excluding carboxylic acids is 3. The molecule has 1 saturated heterocycles. The van der Waals surface area contributed by atoms with Crippen molar-refractivity contribution in [1.29, 1.82) is 0 Å². The van der Waals surface area contributed by atoms with Crippen molar-refractivity contribution in [3.8, 4) is 0 Å². The second-order valence-electron chi connectivity index (χ2n) is 5.27. The number of amides is 4. The Morgan fingerprint density at radius 2 is 1.57 bits per heavy atom. The van der Waals surface area contributed by atoms with Gasteiger partial charge in [-0.3, -0.25) is 14.5 Å². The van der Waals surface area contributed by atoms with Gasteiger partial charge in [0.1, 0.15) is 6.67 Å². The monoisotopic (exact) mass is 287 g/mol. The lowest BCUT2D eigenvalue weighted by molar-refractivity contribution is 0.0643. The van der Waals surface area contributed by atoms with Crippen molar-refractivity contribution < 1.29 is 14.4 Å². The summed E-state index contributed by atoms with van der Waals surface area (Å²) < 4.78 is 0. The van der Waals surface area contributed by atoms with E-state index in [1.54, 1.807) is 29.2 Å². The fourth-order valence-electron chi connectivity index (χ4n) is 2.74. The molecule has 0 radical (unpaired) electrons. The maximum absolute atomic E-state index is 12.1. The Morgan fingerprint density at radius 1 is 1.00 bits per heavy atom. The van der Waals surface area contributed by atoms with Gasteiger partial charge in [-0.15, -0.1) is 0 Å². The number of likely N-dealkylation sites (tertiary alicyclic amines) is 1. The zero-order valence-electron chi connectivity index (χ0n) is 11.7. The zero-order chi connectivity index (χ0) is 14.8. The number of rotatable bonds is 2. The van der Waals surface area contributed by atoms with E-state index in [0.29, 0.717) is 11.1 Å². The molecule has 2 aliphatic rings. The maximum Gasteiger partial charge on any atom is 0.318 e. The summed E-state index contributed by atoms with van der Waals surface area (Å²) >= 11 is 0. The first kappa shape index (κ1) is 13.6. The largest absolute Gasteiger partial charge is 0.325 e. The van der Waals surface area contributed by atoms with Crippen molar-refractivity contribution >= 4 is 17.8 Å². The van der Waals surface area contributed by atoms with Crippen LogP contribution in [0.2, 0.25) is 0 Å². The molecule has 110 valence electrons. The zero-order valence-corrected chi connectivity index (χ0v) is 11.7. The predicted molar refractivity (Wildman–Crippen MR) is 75.8 cm³/mol. The van der Waals surface area contributed by atoms with Gasteiger partial charge >= 0.3 is 6.03 Å². The van der Waals surface area contributed by atoms with Crippen LogP contribution in [0.3, 0.4) is 0 Å². The Morgan fingerprint density at radius 3 is 2.14 bits per heavy atom. The molecule has 6 heteroatoms. The number of urea groups is 1. The lowest BCUT2D eigenvalue weighted by Gasteiger charge is -2.27. The van der Waals surface area contributed by atoms with Gasteiger partial charge in [0.25, 0.3) is 11.8 Å². The first-order chi connectivity index (χ1) is 10.2. The third-order valence-corrected chi connectivity index (χ3v) is 3.91. The quantitative estimate of drug-likeness (QED) is 0.837. The van der Waals surface area contributed by atoms with Gasteiger partial charge in [0.05, 0.1) is 11.1 Å². The minimum absolute atomic E-state index is 0.0817. The van der Waals surface area contributed by atoms with Crippen molar-refractivity contribution in [2.45, 2.75) is 19.3 Å². The van der Waals surface area contributed by atoms with Crippen LogP contribution in [0.4, 0.5) is 4.79 Å². The minimum atomic E-state index is -0.352. The van der Waals surface area contributed by atoms with Crippen LogP contribution in [0, 0.1) is 0 Å². The molecule has 6 nitrogen and oxygen atoms in total. The SMILES string of the molecule is O=C(NCN1C(=O)c2ccccc2C1=O)N1CCCCC1. The standard InChI is InChI=1S/C15H17N3O3/c19-13-11-6-2-3-7-12(11)14(20)18(13)10-16-15(21)17-8-4-1-5-9-17/h2-3,6-7H,1,4-5,8-10H2,(H,16,21). The number of hydrogen-bond donors (Lipinski definition) is 1. The molecule has 0 unspecified atom stereocenters. The van der Waals surface area contributed by atoms with Gasteiger partial charge in [-0.05, 0) is 31.4 Å². The van der Waals surface area contributed by atoms with E-state index in [9.17, 15) is 14.4 Å². The van der Waals surface area contributed by atoms with E-state index in [4.69, 9.17) is 0 Å². The maximum atomic E-state index is 12.1. The van der Waals surface area contributed by atoms with Gasteiger partial charge in [-0.2, -0.15) is 0 Å². The lowest BCUT2D eigenvalue weighted by Crippen LogP contribution is -2.48. The molecule has 0 aliphatic carbocycles. The Kier molecular flexibility index (Phi) is 3.60. The van der Waals surface area contributed by atoms with E-state index in [1.807, 2.05) is 0 Å². The smallest absolute Gasteiger partial charge is 0.318 e. The van der Waals surface area contributed by atoms with Gasteiger partial charge in [0, 0.05) is 13.1 Å². The lowest BCUT2D eigenvalue weighted by atomic mass is 10.1. The topological polar surface area (TPSA) is 69.7 Å². The number of nitrogens with zero attached hydrogens (tertiary/aromatic N) is 2. The molecule has 1 aromatic carbocycles. The highest BCUT2D eigenvalue weighted by Gasteiger charge is 2.35. The minimum Gasteiger partial charge on any atom is -0.325 e. The van der Waals surface area contributed by atoms with Crippen LogP contribution in [0.1, 0.15) is 40.0 Å². The number of imide groups is 1. The van der Waals surface area contributed by atoms with E-state index in [1.165, 1.54) is 0 Å². The van der Waals surface area contributed by atoms with E-state index in [-0.39, 0.29) is 24.5 Å². The van der Waals surface area contributed by atoms with Crippen LogP contribution >= 0.6 is 0 Å². The molecule has 1 N–H and O–H groups in total. The molecule has 1 fully saturated rings. The number of nitrogens with one attached hydrogen (secondary N) is 1. The van der Waals surface area contributed by atoms with E-state index in [2.05, 4.69) is 5.32 Å². The van der Waals surface area contributed by atoms with Crippen LogP contribution in [0.5, 0.6) is 0 Å². The number of piperidine rings is 1. The molecule has 1 aromatic rings. The van der Waals surface area contributed by atoms with Crippen LogP contribution in [0.25, 0.3) is 0 Å². The van der Waals surface area contributed by atoms with Crippen molar-refractivity contribution in [2.75, 3.05) is 19.8 Å². The second kappa shape index (κ2) is 5.55. The number of carbonyl (C=O) groups is 3. The summed E-state index contributed by atoms with van der Waals surface area (Å²) in [5.41, 5.74) is 0.796. The normalized spacial score (nSPS) is 17.9. The predicted octanol–water partition coefficient (Wildman–Crippen LogP) is 1.44. The molecule has 2 heterocycles. The molecule has 0 spiro atoms. The first-order valence-corrected chi connectivity index (χ1v) is 7.16. The first-order valence-electron chi connectivity index (χ1n) is 7.16. The molecule has 3 rings (SSSR count). The summed E-state index contributed by atoms with van der Waals surface area (Å²) in [6.45, 7) is 1.38. The van der Waals surface area contributed by atoms with Gasteiger partial charge < -0.3 is 10.2 Å². The van der Waals surface area contributed by atoms with Gasteiger partial charge in [0.2, 0.25) is 0 Å². The van der Waals surface area contributed by atoms with Crippen LogP contribution in [-0.2, 0) is 0 Å². The van der Waals surface area contributed by atoms with Gasteiger partial charge in [-0.1, -0.05) is 12.1 Å².